The second kappa shape index (κ2) is 8.05. The van der Waals surface area contributed by atoms with Crippen molar-refractivity contribution in [1.82, 2.24) is 4.98 Å². The molecule has 6 nitrogen and oxygen atoms in total. The van der Waals surface area contributed by atoms with E-state index < -0.39 is 0 Å². The first kappa shape index (κ1) is 18.5. The van der Waals surface area contributed by atoms with Gasteiger partial charge in [-0.15, -0.1) is 0 Å². The van der Waals surface area contributed by atoms with Crippen LogP contribution in [-0.2, 0) is 9.47 Å². The zero-order valence-corrected chi connectivity index (χ0v) is 16.9. The standard InChI is InChI=1S/C23H28N4O2/c1-17-5-6-20-19(3-2-4-21(20)24-17)18-15-22(26-7-11-28-12-8-26)25-23(16-18)27-9-13-29-14-10-27/h2-6,15-17,24H,7-14H2,1H3. The number of nitrogens with zero attached hydrogens (tertiary/aromatic N) is 3. The monoisotopic (exact) mass is 392 g/mol. The van der Waals surface area contributed by atoms with Gasteiger partial charge in [0.15, 0.2) is 0 Å². The molecule has 2 aromatic rings. The first-order valence-corrected chi connectivity index (χ1v) is 10.5. The first-order valence-electron chi connectivity index (χ1n) is 10.5. The lowest BCUT2D eigenvalue weighted by atomic mass is 9.95. The van der Waals surface area contributed by atoms with Crippen LogP contribution in [0.2, 0.25) is 0 Å². The average Bonchev–Trinajstić information content (AvgIpc) is 2.79. The summed E-state index contributed by atoms with van der Waals surface area (Å²) in [5.74, 6) is 2.07. The van der Waals surface area contributed by atoms with E-state index in [0.29, 0.717) is 6.04 Å². The highest BCUT2D eigenvalue weighted by molar-refractivity contribution is 5.86. The predicted molar refractivity (Wildman–Crippen MR) is 118 cm³/mol. The Bertz CT molecular complexity index is 865. The largest absolute Gasteiger partial charge is 0.379 e. The molecule has 29 heavy (non-hydrogen) atoms. The maximum absolute atomic E-state index is 5.55. The van der Waals surface area contributed by atoms with Crippen molar-refractivity contribution in [3.8, 4) is 11.1 Å². The smallest absolute Gasteiger partial charge is 0.131 e. The maximum atomic E-state index is 5.55. The SMILES string of the molecule is CC1C=Cc2c(cccc2-c2cc(N3CCOCC3)nc(N3CCOCC3)c2)N1. The Balaban J connectivity index is 1.59. The topological polar surface area (TPSA) is 49.9 Å². The van der Waals surface area contributed by atoms with Crippen molar-refractivity contribution in [3.05, 3.63) is 42.0 Å². The number of hydrogen-bond acceptors (Lipinski definition) is 6. The molecule has 1 aromatic carbocycles. The van der Waals surface area contributed by atoms with Crippen molar-refractivity contribution in [3.63, 3.8) is 0 Å². The Kier molecular flexibility index (Phi) is 5.12. The van der Waals surface area contributed by atoms with Gasteiger partial charge >= 0.3 is 0 Å². The van der Waals surface area contributed by atoms with E-state index in [1.165, 1.54) is 22.4 Å². The van der Waals surface area contributed by atoms with E-state index >= 15 is 0 Å². The summed E-state index contributed by atoms with van der Waals surface area (Å²) in [6, 6.07) is 11.3. The van der Waals surface area contributed by atoms with Crippen molar-refractivity contribution in [2.24, 2.45) is 0 Å². The van der Waals surface area contributed by atoms with E-state index in [0.717, 1.165) is 64.2 Å². The number of nitrogens with one attached hydrogen (secondary N) is 1. The zero-order valence-electron chi connectivity index (χ0n) is 16.9. The molecule has 6 heteroatoms. The number of morpholine rings is 2. The molecular formula is C23H28N4O2. The van der Waals surface area contributed by atoms with Gasteiger partial charge in [-0.1, -0.05) is 24.3 Å². The number of rotatable bonds is 3. The van der Waals surface area contributed by atoms with Gasteiger partial charge < -0.3 is 24.6 Å². The summed E-state index contributed by atoms with van der Waals surface area (Å²) in [5.41, 5.74) is 4.89. The zero-order chi connectivity index (χ0) is 19.6. The van der Waals surface area contributed by atoms with Crippen LogP contribution in [0.4, 0.5) is 17.3 Å². The highest BCUT2D eigenvalue weighted by Crippen LogP contribution is 2.36. The highest BCUT2D eigenvalue weighted by atomic mass is 16.5. The first-order chi connectivity index (χ1) is 14.3. The number of pyridine rings is 1. The normalized spacial score (nSPS) is 21.6. The summed E-state index contributed by atoms with van der Waals surface area (Å²) in [5, 5.41) is 3.57. The number of benzene rings is 1. The average molecular weight is 393 g/mol. The molecule has 2 saturated heterocycles. The second-order valence-electron chi connectivity index (χ2n) is 7.83. The Hall–Kier alpha value is -2.57. The predicted octanol–water partition coefficient (Wildman–Crippen LogP) is 3.25. The molecule has 5 rings (SSSR count). The quantitative estimate of drug-likeness (QED) is 0.865. The molecule has 0 amide bonds. The van der Waals surface area contributed by atoms with Crippen molar-refractivity contribution >= 4 is 23.4 Å². The summed E-state index contributed by atoms with van der Waals surface area (Å²) in [4.78, 5) is 9.71. The van der Waals surface area contributed by atoms with Crippen molar-refractivity contribution in [2.75, 3.05) is 67.7 Å². The van der Waals surface area contributed by atoms with Crippen LogP contribution in [0.1, 0.15) is 12.5 Å². The van der Waals surface area contributed by atoms with Crippen LogP contribution in [0.3, 0.4) is 0 Å². The number of anilines is 3. The highest BCUT2D eigenvalue weighted by Gasteiger charge is 2.20. The van der Waals surface area contributed by atoms with Crippen molar-refractivity contribution in [1.29, 1.82) is 0 Å². The van der Waals surface area contributed by atoms with Gasteiger partial charge in [0.25, 0.3) is 0 Å². The number of fused-ring (bicyclic) bond motifs is 1. The van der Waals surface area contributed by atoms with E-state index in [1.54, 1.807) is 0 Å². The lowest BCUT2D eigenvalue weighted by molar-refractivity contribution is 0.121. The molecule has 1 atom stereocenters. The van der Waals surface area contributed by atoms with Gasteiger partial charge in [0.05, 0.1) is 26.4 Å². The molecule has 152 valence electrons. The molecule has 0 radical (unpaired) electrons. The Labute approximate surface area is 172 Å². The summed E-state index contributed by atoms with van der Waals surface area (Å²) >= 11 is 0. The molecule has 0 saturated carbocycles. The van der Waals surface area contributed by atoms with Gasteiger partial charge in [-0.25, -0.2) is 4.98 Å². The number of hydrogen-bond donors (Lipinski definition) is 1. The van der Waals surface area contributed by atoms with Crippen LogP contribution in [-0.4, -0.2) is 63.6 Å². The van der Waals surface area contributed by atoms with Crippen LogP contribution in [0, 0.1) is 0 Å². The fourth-order valence-corrected chi connectivity index (χ4v) is 4.22. The van der Waals surface area contributed by atoms with Crippen LogP contribution in [0.25, 0.3) is 17.2 Å². The van der Waals surface area contributed by atoms with Gasteiger partial charge in [-0.2, -0.15) is 0 Å². The fourth-order valence-electron chi connectivity index (χ4n) is 4.22. The molecule has 1 unspecified atom stereocenters. The van der Waals surface area contributed by atoms with E-state index in [9.17, 15) is 0 Å². The van der Waals surface area contributed by atoms with Crippen LogP contribution in [0.15, 0.2) is 36.4 Å². The molecule has 3 aliphatic heterocycles. The minimum Gasteiger partial charge on any atom is -0.379 e. The molecule has 3 aliphatic rings. The van der Waals surface area contributed by atoms with Crippen molar-refractivity contribution in [2.45, 2.75) is 13.0 Å². The second-order valence-corrected chi connectivity index (χ2v) is 7.83. The molecule has 1 N–H and O–H groups in total. The third-order valence-corrected chi connectivity index (χ3v) is 5.82. The Morgan fingerprint density at radius 2 is 1.55 bits per heavy atom. The minimum absolute atomic E-state index is 0.350. The van der Waals surface area contributed by atoms with E-state index in [-0.39, 0.29) is 0 Å². The third-order valence-electron chi connectivity index (χ3n) is 5.82. The molecule has 0 aliphatic carbocycles. The van der Waals surface area contributed by atoms with Gasteiger partial charge in [-0.05, 0) is 36.2 Å². The van der Waals surface area contributed by atoms with Gasteiger partial charge in [-0.3, -0.25) is 0 Å². The molecular weight excluding hydrogens is 364 g/mol. The number of ether oxygens (including phenoxy) is 2. The van der Waals surface area contributed by atoms with Crippen molar-refractivity contribution < 1.29 is 9.47 Å². The summed E-state index contributed by atoms with van der Waals surface area (Å²) < 4.78 is 11.1. The third kappa shape index (κ3) is 3.82. The summed E-state index contributed by atoms with van der Waals surface area (Å²) in [6.07, 6.45) is 4.47. The molecule has 0 spiro atoms. The molecule has 2 fully saturated rings. The van der Waals surface area contributed by atoms with Crippen LogP contribution >= 0.6 is 0 Å². The number of aromatic nitrogens is 1. The Morgan fingerprint density at radius 1 is 0.931 bits per heavy atom. The minimum atomic E-state index is 0.350. The summed E-state index contributed by atoms with van der Waals surface area (Å²) in [6.45, 7) is 8.71. The summed E-state index contributed by atoms with van der Waals surface area (Å²) in [7, 11) is 0. The van der Waals surface area contributed by atoms with E-state index in [4.69, 9.17) is 14.5 Å². The molecule has 1 aromatic heterocycles. The lowest BCUT2D eigenvalue weighted by Gasteiger charge is -2.32. The van der Waals surface area contributed by atoms with Crippen LogP contribution < -0.4 is 15.1 Å². The van der Waals surface area contributed by atoms with Gasteiger partial charge in [0.1, 0.15) is 11.6 Å². The lowest BCUT2D eigenvalue weighted by Crippen LogP contribution is -2.39. The fraction of sp³-hybridized carbons (Fsp3) is 0.435. The molecule has 0 bridgehead atoms. The van der Waals surface area contributed by atoms with E-state index in [2.05, 4.69) is 64.5 Å². The molecule has 4 heterocycles. The van der Waals surface area contributed by atoms with Gasteiger partial charge in [0, 0.05) is 43.5 Å². The van der Waals surface area contributed by atoms with Crippen LogP contribution in [0.5, 0.6) is 0 Å². The van der Waals surface area contributed by atoms with Gasteiger partial charge in [0.2, 0.25) is 0 Å². The maximum Gasteiger partial charge on any atom is 0.131 e. The van der Waals surface area contributed by atoms with E-state index in [1.807, 2.05) is 0 Å². The Morgan fingerprint density at radius 3 is 2.17 bits per heavy atom.